The van der Waals surface area contributed by atoms with E-state index in [4.69, 9.17) is 9.47 Å². The molecule has 0 radical (unpaired) electrons. The van der Waals surface area contributed by atoms with E-state index in [0.29, 0.717) is 23.4 Å². The third-order valence-electron chi connectivity index (χ3n) is 5.77. The van der Waals surface area contributed by atoms with Crippen molar-refractivity contribution in [3.8, 4) is 0 Å². The van der Waals surface area contributed by atoms with Crippen LogP contribution in [0.25, 0.3) is 5.76 Å². The van der Waals surface area contributed by atoms with Gasteiger partial charge in [-0.3, -0.25) is 4.31 Å². The van der Waals surface area contributed by atoms with E-state index in [2.05, 4.69) is 0 Å². The van der Waals surface area contributed by atoms with E-state index >= 15 is 0 Å². The predicted molar refractivity (Wildman–Crippen MR) is 119 cm³/mol. The van der Waals surface area contributed by atoms with Gasteiger partial charge in [0.15, 0.2) is 0 Å². The van der Waals surface area contributed by atoms with Crippen molar-refractivity contribution in [2.75, 3.05) is 10.9 Å². The number of benzene rings is 2. The molecule has 1 aliphatic heterocycles. The number of rotatable bonds is 4. The summed E-state index contributed by atoms with van der Waals surface area (Å²) in [6, 6.07) is 13.7. The molecule has 0 amide bonds. The smallest absolute Gasteiger partial charge is 0.334 e. The third kappa shape index (κ3) is 4.19. The van der Waals surface area contributed by atoms with Gasteiger partial charge in [-0.25, -0.2) is 13.2 Å². The van der Waals surface area contributed by atoms with E-state index in [1.807, 2.05) is 19.1 Å². The molecule has 4 rings (SSSR count). The lowest BCUT2D eigenvalue weighted by Crippen LogP contribution is -2.48. The van der Waals surface area contributed by atoms with Crippen molar-refractivity contribution in [1.29, 1.82) is 0 Å². The van der Waals surface area contributed by atoms with Gasteiger partial charge in [0.05, 0.1) is 29.3 Å². The molecular weight excluding hydrogens is 414 g/mol. The fourth-order valence-electron chi connectivity index (χ4n) is 4.30. The molecule has 1 fully saturated rings. The standard InChI is InChI=1S/C24H27NO5S/c1-3-29-24(26)16-23-19-8-4-5-9-20(19)25(21-10-6-7-11-22(21)30-23)31(27,28)18-14-12-17(2)13-15-18/h4-5,8-9,12-16,21-22H,3,6-7,10-11H2,1-2H3/b23-16-/t21-,22-/m0/s1. The molecular formula is C24H27NO5S. The maximum Gasteiger partial charge on any atom is 0.334 e. The number of para-hydroxylation sites is 1. The van der Waals surface area contributed by atoms with E-state index in [1.54, 1.807) is 43.3 Å². The Balaban J connectivity index is 1.89. The second kappa shape index (κ2) is 8.75. The number of anilines is 1. The fraction of sp³-hybridized carbons (Fsp3) is 0.375. The maximum atomic E-state index is 13.9. The molecule has 1 aliphatic carbocycles. The van der Waals surface area contributed by atoms with Crippen LogP contribution in [0.15, 0.2) is 59.5 Å². The molecule has 1 heterocycles. The van der Waals surface area contributed by atoms with Crippen LogP contribution >= 0.6 is 0 Å². The monoisotopic (exact) mass is 441 g/mol. The van der Waals surface area contributed by atoms with Gasteiger partial charge in [-0.1, -0.05) is 36.2 Å². The number of aryl methyl sites for hydroxylation is 1. The topological polar surface area (TPSA) is 72.9 Å². The molecule has 2 aromatic carbocycles. The van der Waals surface area contributed by atoms with Crippen LogP contribution < -0.4 is 4.31 Å². The van der Waals surface area contributed by atoms with E-state index in [-0.39, 0.29) is 23.6 Å². The summed E-state index contributed by atoms with van der Waals surface area (Å²) in [5.41, 5.74) is 2.09. The Morgan fingerprint density at radius 2 is 1.84 bits per heavy atom. The number of nitrogens with zero attached hydrogens (tertiary/aromatic N) is 1. The molecule has 6 nitrogen and oxygen atoms in total. The van der Waals surface area contributed by atoms with Gasteiger partial charge < -0.3 is 9.47 Å². The number of sulfonamides is 1. The van der Waals surface area contributed by atoms with Crippen molar-refractivity contribution in [2.45, 2.75) is 56.6 Å². The van der Waals surface area contributed by atoms with Crippen LogP contribution in [0.1, 0.15) is 43.7 Å². The minimum absolute atomic E-state index is 0.245. The minimum atomic E-state index is -3.84. The summed E-state index contributed by atoms with van der Waals surface area (Å²) in [6.45, 7) is 3.92. The number of carbonyl (C=O) groups is 1. The molecule has 2 aromatic rings. The Morgan fingerprint density at radius 3 is 2.58 bits per heavy atom. The molecule has 0 N–H and O–H groups in total. The number of fused-ring (bicyclic) bond motifs is 2. The van der Waals surface area contributed by atoms with Gasteiger partial charge in [0.25, 0.3) is 10.0 Å². The van der Waals surface area contributed by atoms with Crippen molar-refractivity contribution >= 4 is 27.4 Å². The first-order chi connectivity index (χ1) is 14.9. The van der Waals surface area contributed by atoms with Gasteiger partial charge in [-0.05, 0) is 57.4 Å². The van der Waals surface area contributed by atoms with Gasteiger partial charge in [-0.15, -0.1) is 0 Å². The largest absolute Gasteiger partial charge is 0.487 e. The molecule has 31 heavy (non-hydrogen) atoms. The molecule has 1 saturated carbocycles. The molecule has 164 valence electrons. The van der Waals surface area contributed by atoms with E-state index in [0.717, 1.165) is 24.8 Å². The number of carbonyl (C=O) groups excluding carboxylic acids is 1. The Bertz CT molecular complexity index is 1090. The molecule has 7 heteroatoms. The van der Waals surface area contributed by atoms with Crippen molar-refractivity contribution in [3.63, 3.8) is 0 Å². The van der Waals surface area contributed by atoms with E-state index in [9.17, 15) is 13.2 Å². The van der Waals surface area contributed by atoms with Gasteiger partial charge in [0, 0.05) is 5.56 Å². The summed E-state index contributed by atoms with van der Waals surface area (Å²) >= 11 is 0. The highest BCUT2D eigenvalue weighted by Gasteiger charge is 2.43. The zero-order valence-electron chi connectivity index (χ0n) is 17.8. The lowest BCUT2D eigenvalue weighted by Gasteiger charge is -2.38. The molecule has 2 atom stereocenters. The highest BCUT2D eigenvalue weighted by atomic mass is 32.2. The summed E-state index contributed by atoms with van der Waals surface area (Å²) in [5, 5.41) is 0. The highest BCUT2D eigenvalue weighted by Crippen LogP contribution is 2.42. The van der Waals surface area contributed by atoms with Crippen LogP contribution in [-0.2, 0) is 24.3 Å². The van der Waals surface area contributed by atoms with Gasteiger partial charge in [0.1, 0.15) is 11.9 Å². The van der Waals surface area contributed by atoms with Crippen molar-refractivity contribution in [1.82, 2.24) is 0 Å². The minimum Gasteiger partial charge on any atom is -0.487 e. The molecule has 2 aliphatic rings. The zero-order chi connectivity index (χ0) is 22.0. The third-order valence-corrected chi connectivity index (χ3v) is 7.62. The van der Waals surface area contributed by atoms with Crippen molar-refractivity contribution < 1.29 is 22.7 Å². The molecule has 0 spiro atoms. The molecule has 0 bridgehead atoms. The van der Waals surface area contributed by atoms with E-state index in [1.165, 1.54) is 10.4 Å². The zero-order valence-corrected chi connectivity index (χ0v) is 18.6. The van der Waals surface area contributed by atoms with E-state index < -0.39 is 16.0 Å². The quantitative estimate of drug-likeness (QED) is 0.518. The summed E-state index contributed by atoms with van der Waals surface area (Å²) in [5.74, 6) is -0.151. The number of esters is 1. The van der Waals surface area contributed by atoms with Crippen LogP contribution in [0.2, 0.25) is 0 Å². The normalized spacial score (nSPS) is 22.1. The number of hydrogen-bond donors (Lipinski definition) is 0. The average molecular weight is 442 g/mol. The van der Waals surface area contributed by atoms with Crippen LogP contribution in [0, 0.1) is 6.92 Å². The van der Waals surface area contributed by atoms with Crippen LogP contribution in [0.5, 0.6) is 0 Å². The number of hydrogen-bond acceptors (Lipinski definition) is 5. The Labute approximate surface area is 183 Å². The predicted octanol–water partition coefficient (Wildman–Crippen LogP) is 4.44. The molecule has 0 unspecified atom stereocenters. The van der Waals surface area contributed by atoms with Gasteiger partial charge in [-0.2, -0.15) is 0 Å². The molecule has 0 aromatic heterocycles. The molecule has 0 saturated heterocycles. The van der Waals surface area contributed by atoms with Gasteiger partial charge in [0.2, 0.25) is 0 Å². The maximum absolute atomic E-state index is 13.9. The van der Waals surface area contributed by atoms with Crippen LogP contribution in [0.3, 0.4) is 0 Å². The summed E-state index contributed by atoms with van der Waals surface area (Å²) in [6.07, 6.45) is 4.26. The second-order valence-electron chi connectivity index (χ2n) is 7.90. The fourth-order valence-corrected chi connectivity index (χ4v) is 6.02. The lowest BCUT2D eigenvalue weighted by molar-refractivity contribution is -0.137. The Kier molecular flexibility index (Phi) is 6.05. The first kappa shape index (κ1) is 21.4. The average Bonchev–Trinajstić information content (AvgIpc) is 2.89. The summed E-state index contributed by atoms with van der Waals surface area (Å²) in [4.78, 5) is 12.5. The van der Waals surface area contributed by atoms with Crippen molar-refractivity contribution in [2.24, 2.45) is 0 Å². The lowest BCUT2D eigenvalue weighted by atomic mass is 9.92. The first-order valence-corrected chi connectivity index (χ1v) is 12.1. The van der Waals surface area contributed by atoms with Crippen molar-refractivity contribution in [3.05, 3.63) is 65.7 Å². The SMILES string of the molecule is CCOC(=O)/C=C1\O[C@H]2CCCC[C@@H]2N(S(=O)(=O)c2ccc(C)cc2)c2ccccc21. The highest BCUT2D eigenvalue weighted by molar-refractivity contribution is 7.92. The number of ether oxygens (including phenoxy) is 2. The Morgan fingerprint density at radius 1 is 1.13 bits per heavy atom. The summed E-state index contributed by atoms with van der Waals surface area (Å²) in [7, 11) is -3.84. The Hall–Kier alpha value is -2.80. The first-order valence-electron chi connectivity index (χ1n) is 10.7. The van der Waals surface area contributed by atoms with Gasteiger partial charge >= 0.3 is 5.97 Å². The summed E-state index contributed by atoms with van der Waals surface area (Å²) < 4.78 is 40.6. The van der Waals surface area contributed by atoms with Crippen LogP contribution in [0.4, 0.5) is 5.69 Å². The van der Waals surface area contributed by atoms with Crippen LogP contribution in [-0.4, -0.2) is 33.1 Å². The second-order valence-corrected chi connectivity index (χ2v) is 9.71.